The lowest BCUT2D eigenvalue weighted by Gasteiger charge is -2.31. The second-order valence-electron chi connectivity index (χ2n) is 9.26. The summed E-state index contributed by atoms with van der Waals surface area (Å²) in [6.07, 6.45) is 5.19. The van der Waals surface area contributed by atoms with Crippen LogP contribution >= 0.6 is 0 Å². The fourth-order valence-corrected chi connectivity index (χ4v) is 6.57. The van der Waals surface area contributed by atoms with E-state index in [9.17, 15) is 8.60 Å². The maximum absolute atomic E-state index is 14.5. The average molecular weight is 492 g/mol. The molecule has 2 fully saturated rings. The van der Waals surface area contributed by atoms with Crippen molar-refractivity contribution in [3.05, 3.63) is 41.3 Å². The molecule has 2 aliphatic heterocycles. The molecule has 0 radical (unpaired) electrons. The number of H-pyrrole nitrogens is 1. The molecule has 2 bridgehead atoms. The Morgan fingerprint density at radius 3 is 2.94 bits per heavy atom. The molecule has 1 saturated carbocycles. The van der Waals surface area contributed by atoms with Crippen molar-refractivity contribution < 1.29 is 13.3 Å². The van der Waals surface area contributed by atoms with Crippen LogP contribution in [0.3, 0.4) is 0 Å². The van der Waals surface area contributed by atoms with Gasteiger partial charge in [0, 0.05) is 42.5 Å². The molecule has 5 heterocycles. The summed E-state index contributed by atoms with van der Waals surface area (Å²) in [6, 6.07) is 5.24. The Morgan fingerprint density at radius 1 is 1.29 bits per heavy atom. The minimum atomic E-state index is -1.25. The Morgan fingerprint density at radius 2 is 2.17 bits per heavy atom. The third-order valence-corrected chi connectivity index (χ3v) is 8.40. The molecule has 35 heavy (non-hydrogen) atoms. The predicted octanol–water partition coefficient (Wildman–Crippen LogP) is 3.50. The van der Waals surface area contributed by atoms with Gasteiger partial charge in [0.25, 0.3) is 0 Å². The van der Waals surface area contributed by atoms with Gasteiger partial charge in [0.05, 0.1) is 44.2 Å². The predicted molar refractivity (Wildman–Crippen MR) is 132 cm³/mol. The van der Waals surface area contributed by atoms with Crippen molar-refractivity contribution in [1.82, 2.24) is 19.9 Å². The molecule has 178 valence electrons. The lowest BCUT2D eigenvalue weighted by Crippen LogP contribution is -2.41. The summed E-state index contributed by atoms with van der Waals surface area (Å²) < 4.78 is 32.7. The van der Waals surface area contributed by atoms with E-state index in [1.807, 2.05) is 0 Å². The number of ether oxygens (including phenoxy) is 1. The van der Waals surface area contributed by atoms with Crippen LogP contribution in [-0.4, -0.2) is 49.8 Å². The number of nitrogens with zero attached hydrogens (tertiary/aromatic N) is 4. The van der Waals surface area contributed by atoms with Crippen LogP contribution < -0.4 is 20.7 Å². The van der Waals surface area contributed by atoms with E-state index in [0.29, 0.717) is 44.8 Å². The van der Waals surface area contributed by atoms with Crippen molar-refractivity contribution in [2.24, 2.45) is 11.7 Å². The Balaban J connectivity index is 1.39. The molecule has 0 amide bonds. The molecular formula is C24H22FN7O2S. The SMILES string of the molecule is CNc1cc(F)cc2c1[nH]c1nc(Oc3cnc4c(c3)S(=O)C=C4)nc(N3CC4CC3CC4N)c12. The largest absolute Gasteiger partial charge is 0.423 e. The van der Waals surface area contributed by atoms with Gasteiger partial charge in [-0.15, -0.1) is 0 Å². The summed E-state index contributed by atoms with van der Waals surface area (Å²) >= 11 is 0. The zero-order valence-corrected chi connectivity index (χ0v) is 19.6. The first-order valence-corrected chi connectivity index (χ1v) is 12.7. The number of piperidine rings is 1. The molecule has 11 heteroatoms. The molecule has 1 aromatic carbocycles. The topological polar surface area (TPSA) is 122 Å². The Bertz CT molecular complexity index is 1580. The average Bonchev–Trinajstić information content (AvgIpc) is 3.60. The second kappa shape index (κ2) is 7.46. The number of rotatable bonds is 4. The van der Waals surface area contributed by atoms with Gasteiger partial charge in [-0.25, -0.2) is 8.60 Å². The van der Waals surface area contributed by atoms with Crippen molar-refractivity contribution in [2.75, 3.05) is 23.8 Å². The molecule has 7 rings (SSSR count). The number of aromatic nitrogens is 4. The first-order valence-electron chi connectivity index (χ1n) is 11.5. The number of benzene rings is 1. The van der Waals surface area contributed by atoms with Crippen LogP contribution in [0, 0.1) is 11.7 Å². The highest BCUT2D eigenvalue weighted by Gasteiger charge is 2.44. The maximum Gasteiger partial charge on any atom is 0.326 e. The van der Waals surface area contributed by atoms with E-state index < -0.39 is 10.8 Å². The molecular weight excluding hydrogens is 469 g/mol. The van der Waals surface area contributed by atoms with Gasteiger partial charge >= 0.3 is 6.01 Å². The monoisotopic (exact) mass is 491 g/mol. The molecule has 1 saturated heterocycles. The van der Waals surface area contributed by atoms with Crippen molar-refractivity contribution in [2.45, 2.75) is 29.8 Å². The minimum absolute atomic E-state index is 0.135. The standard InChI is InChI=1S/C24H22FN7O2S/c1-27-18-6-12(25)5-15-20-22(29-21(15)18)30-24(31-23(20)32-10-11-4-13(32)7-16(11)26)34-14-8-19-17(28-9-14)2-3-35(19)33/h2-3,5-6,8-9,11,13,16,27H,4,7,10,26H2,1H3,(H,29,30,31). The fraction of sp³-hybridized carbons (Fsp3) is 0.292. The van der Waals surface area contributed by atoms with Crippen molar-refractivity contribution in [1.29, 1.82) is 0 Å². The Labute approximate surface area is 202 Å². The van der Waals surface area contributed by atoms with E-state index in [4.69, 9.17) is 15.5 Å². The first-order chi connectivity index (χ1) is 17.0. The number of fused-ring (bicyclic) bond motifs is 6. The number of nitrogens with one attached hydrogen (secondary N) is 2. The molecule has 4 atom stereocenters. The molecule has 1 aliphatic carbocycles. The summed E-state index contributed by atoms with van der Waals surface area (Å²) in [4.78, 5) is 19.9. The second-order valence-corrected chi connectivity index (χ2v) is 10.6. The summed E-state index contributed by atoms with van der Waals surface area (Å²) in [5.41, 5.74) is 8.90. The van der Waals surface area contributed by atoms with Crippen LogP contribution in [-0.2, 0) is 10.8 Å². The van der Waals surface area contributed by atoms with Gasteiger partial charge in [0.1, 0.15) is 17.3 Å². The van der Waals surface area contributed by atoms with Crippen molar-refractivity contribution >= 4 is 50.3 Å². The van der Waals surface area contributed by atoms with Gasteiger partial charge in [-0.3, -0.25) is 4.98 Å². The summed E-state index contributed by atoms with van der Waals surface area (Å²) in [7, 11) is 0.503. The number of pyridine rings is 1. The van der Waals surface area contributed by atoms with Gasteiger partial charge in [-0.1, -0.05) is 0 Å². The summed E-state index contributed by atoms with van der Waals surface area (Å²) in [6.45, 7) is 0.781. The van der Waals surface area contributed by atoms with Crippen LogP contribution in [0.4, 0.5) is 15.9 Å². The van der Waals surface area contributed by atoms with Gasteiger partial charge in [0.2, 0.25) is 0 Å². The molecule has 4 unspecified atom stereocenters. The summed E-state index contributed by atoms with van der Waals surface area (Å²) in [5, 5.41) is 6.11. The molecule has 3 aliphatic rings. The third-order valence-electron chi connectivity index (χ3n) is 7.26. The summed E-state index contributed by atoms with van der Waals surface area (Å²) in [5.74, 6) is 1.15. The van der Waals surface area contributed by atoms with Crippen molar-refractivity contribution in [3.8, 4) is 11.8 Å². The van der Waals surface area contributed by atoms with E-state index in [1.54, 1.807) is 30.8 Å². The van der Waals surface area contributed by atoms with Gasteiger partial charge in [-0.05, 0) is 37.0 Å². The van der Waals surface area contributed by atoms with E-state index in [-0.39, 0.29) is 23.9 Å². The first kappa shape index (κ1) is 20.8. The van der Waals surface area contributed by atoms with E-state index in [1.165, 1.54) is 12.1 Å². The number of anilines is 2. The zero-order valence-electron chi connectivity index (χ0n) is 18.8. The molecule has 4 N–H and O–H groups in total. The van der Waals surface area contributed by atoms with E-state index in [0.717, 1.165) is 30.3 Å². The smallest absolute Gasteiger partial charge is 0.326 e. The number of nitrogens with two attached hydrogens (primary N) is 1. The van der Waals surface area contributed by atoms with Gasteiger partial charge < -0.3 is 25.7 Å². The lowest BCUT2D eigenvalue weighted by atomic mass is 10.0. The van der Waals surface area contributed by atoms with Crippen molar-refractivity contribution in [3.63, 3.8) is 0 Å². The van der Waals surface area contributed by atoms with Crippen LogP contribution in [0.25, 0.3) is 28.0 Å². The highest BCUT2D eigenvalue weighted by atomic mass is 32.2. The van der Waals surface area contributed by atoms with Crippen LogP contribution in [0.2, 0.25) is 0 Å². The van der Waals surface area contributed by atoms with Crippen LogP contribution in [0.5, 0.6) is 11.8 Å². The number of hydrogen-bond donors (Lipinski definition) is 3. The Kier molecular flexibility index (Phi) is 4.43. The highest BCUT2D eigenvalue weighted by Crippen LogP contribution is 2.44. The van der Waals surface area contributed by atoms with Gasteiger partial charge in [-0.2, -0.15) is 9.97 Å². The molecule has 3 aromatic heterocycles. The zero-order chi connectivity index (χ0) is 23.8. The highest BCUT2D eigenvalue weighted by molar-refractivity contribution is 7.88. The van der Waals surface area contributed by atoms with Crippen LogP contribution in [0.15, 0.2) is 34.7 Å². The lowest BCUT2D eigenvalue weighted by molar-refractivity contribution is 0.437. The normalized spacial score (nSPS) is 24.6. The number of aromatic amines is 1. The Hall–Kier alpha value is -3.57. The van der Waals surface area contributed by atoms with Gasteiger partial charge in [0.15, 0.2) is 5.75 Å². The third kappa shape index (κ3) is 3.15. The number of halogens is 1. The fourth-order valence-electron chi connectivity index (χ4n) is 5.61. The maximum atomic E-state index is 14.5. The minimum Gasteiger partial charge on any atom is -0.423 e. The van der Waals surface area contributed by atoms with E-state index >= 15 is 0 Å². The van der Waals surface area contributed by atoms with Crippen LogP contribution in [0.1, 0.15) is 18.5 Å². The quantitative estimate of drug-likeness (QED) is 0.397. The molecule has 9 nitrogen and oxygen atoms in total. The molecule has 0 spiro atoms. The van der Waals surface area contributed by atoms with E-state index in [2.05, 4.69) is 25.2 Å². The molecule has 4 aromatic rings. The number of hydrogen-bond acceptors (Lipinski definition) is 8.